The lowest BCUT2D eigenvalue weighted by molar-refractivity contribution is 0.102. The molecule has 1 aromatic carbocycles. The average molecular weight is 348 g/mol. The number of hydrogen-bond donors (Lipinski definition) is 2. The maximum Gasteiger partial charge on any atom is 0.257 e. The van der Waals surface area contributed by atoms with Gasteiger partial charge >= 0.3 is 0 Å². The van der Waals surface area contributed by atoms with Crippen molar-refractivity contribution in [1.29, 1.82) is 0 Å². The van der Waals surface area contributed by atoms with E-state index in [9.17, 15) is 4.79 Å². The molecular weight excluding hydrogens is 326 g/mol. The van der Waals surface area contributed by atoms with Crippen LogP contribution in [0.25, 0.3) is 0 Å². The third-order valence-corrected chi connectivity index (χ3v) is 5.98. The lowest BCUT2D eigenvalue weighted by atomic mass is 9.97. The fraction of sp³-hybridized carbons (Fsp3) is 0.412. The molecule has 0 aliphatic carbocycles. The summed E-state index contributed by atoms with van der Waals surface area (Å²) in [6, 6.07) is 5.97. The highest BCUT2D eigenvalue weighted by molar-refractivity contribution is 7.98. The molecule has 2 N–H and O–H groups in total. The molecule has 1 aromatic heterocycles. The summed E-state index contributed by atoms with van der Waals surface area (Å²) in [6.45, 7) is 4.08. The highest BCUT2D eigenvalue weighted by atomic mass is 32.2. The number of nitrogens with zero attached hydrogens (tertiary/aromatic N) is 1. The van der Waals surface area contributed by atoms with Gasteiger partial charge in [-0.25, -0.2) is 4.98 Å². The first kappa shape index (κ1) is 16.5. The largest absolute Gasteiger partial charge is 0.317 e. The van der Waals surface area contributed by atoms with Gasteiger partial charge in [0.1, 0.15) is 0 Å². The van der Waals surface area contributed by atoms with Crippen LogP contribution in [0.5, 0.6) is 0 Å². The number of piperidine rings is 1. The van der Waals surface area contributed by atoms with Gasteiger partial charge in [-0.3, -0.25) is 10.1 Å². The van der Waals surface area contributed by atoms with Crippen molar-refractivity contribution in [3.05, 3.63) is 40.4 Å². The SMILES string of the molecule is CSc1ccc(C)c(C(=O)Nc2ncc(C3CCNCC3)s2)c1. The minimum absolute atomic E-state index is 0.0791. The Morgan fingerprint density at radius 2 is 2.17 bits per heavy atom. The first-order valence-corrected chi connectivity index (χ1v) is 9.84. The number of aryl methyl sites for hydroxylation is 1. The Balaban J connectivity index is 1.72. The van der Waals surface area contributed by atoms with E-state index < -0.39 is 0 Å². The average Bonchev–Trinajstić information content (AvgIpc) is 3.04. The number of benzene rings is 1. The van der Waals surface area contributed by atoms with Crippen molar-refractivity contribution in [3.8, 4) is 0 Å². The minimum atomic E-state index is -0.0791. The third-order valence-electron chi connectivity index (χ3n) is 4.17. The zero-order chi connectivity index (χ0) is 16.2. The van der Waals surface area contributed by atoms with Crippen molar-refractivity contribution in [2.75, 3.05) is 24.7 Å². The van der Waals surface area contributed by atoms with Gasteiger partial charge in [0.25, 0.3) is 5.91 Å². The van der Waals surface area contributed by atoms with Crippen LogP contribution in [0, 0.1) is 6.92 Å². The second kappa shape index (κ2) is 7.47. The van der Waals surface area contributed by atoms with Crippen LogP contribution in [0.1, 0.15) is 39.6 Å². The molecule has 1 aliphatic heterocycles. The zero-order valence-electron chi connectivity index (χ0n) is 13.4. The van der Waals surface area contributed by atoms with E-state index in [4.69, 9.17) is 0 Å². The first-order chi connectivity index (χ1) is 11.2. The number of aromatic nitrogens is 1. The molecule has 1 saturated heterocycles. The van der Waals surface area contributed by atoms with Crippen molar-refractivity contribution in [1.82, 2.24) is 10.3 Å². The Hall–Kier alpha value is -1.37. The summed E-state index contributed by atoms with van der Waals surface area (Å²) in [5.74, 6) is 0.491. The summed E-state index contributed by atoms with van der Waals surface area (Å²) in [5.41, 5.74) is 1.70. The number of thioether (sulfide) groups is 1. The Bertz CT molecular complexity index is 693. The van der Waals surface area contributed by atoms with Gasteiger partial charge in [0.05, 0.1) is 0 Å². The fourth-order valence-electron chi connectivity index (χ4n) is 2.78. The predicted octanol–water partition coefficient (Wildman–Crippen LogP) is 3.89. The van der Waals surface area contributed by atoms with E-state index in [-0.39, 0.29) is 5.91 Å². The van der Waals surface area contributed by atoms with E-state index in [0.29, 0.717) is 11.0 Å². The Morgan fingerprint density at radius 1 is 1.39 bits per heavy atom. The molecule has 3 rings (SSSR count). The van der Waals surface area contributed by atoms with Crippen molar-refractivity contribution in [2.24, 2.45) is 0 Å². The quantitative estimate of drug-likeness (QED) is 0.824. The van der Waals surface area contributed by atoms with E-state index in [1.807, 2.05) is 37.6 Å². The molecule has 1 amide bonds. The number of hydrogen-bond acceptors (Lipinski definition) is 5. The van der Waals surface area contributed by atoms with Crippen molar-refractivity contribution < 1.29 is 4.79 Å². The number of rotatable bonds is 4. The van der Waals surface area contributed by atoms with Gasteiger partial charge in [0.2, 0.25) is 0 Å². The number of nitrogens with one attached hydrogen (secondary N) is 2. The third kappa shape index (κ3) is 3.94. The second-order valence-corrected chi connectivity index (χ2v) is 7.67. The van der Waals surface area contributed by atoms with Gasteiger partial charge < -0.3 is 5.32 Å². The molecule has 0 saturated carbocycles. The van der Waals surface area contributed by atoms with Gasteiger partial charge in [0, 0.05) is 21.5 Å². The summed E-state index contributed by atoms with van der Waals surface area (Å²) in [7, 11) is 0. The van der Waals surface area contributed by atoms with Gasteiger partial charge in [-0.1, -0.05) is 6.07 Å². The Labute approximate surface area is 145 Å². The molecule has 1 aliphatic rings. The van der Waals surface area contributed by atoms with E-state index in [1.165, 1.54) is 4.88 Å². The molecule has 4 nitrogen and oxygen atoms in total. The number of anilines is 1. The van der Waals surface area contributed by atoms with Crippen molar-refractivity contribution in [2.45, 2.75) is 30.6 Å². The molecule has 2 aromatic rings. The molecule has 0 spiro atoms. The van der Waals surface area contributed by atoms with Gasteiger partial charge in [-0.05, 0) is 62.7 Å². The van der Waals surface area contributed by atoms with Crippen molar-refractivity contribution in [3.63, 3.8) is 0 Å². The molecule has 23 heavy (non-hydrogen) atoms. The molecule has 6 heteroatoms. The summed E-state index contributed by atoms with van der Waals surface area (Å²) < 4.78 is 0. The second-order valence-electron chi connectivity index (χ2n) is 5.73. The highest BCUT2D eigenvalue weighted by Crippen LogP contribution is 2.32. The smallest absolute Gasteiger partial charge is 0.257 e. The van der Waals surface area contributed by atoms with Gasteiger partial charge in [0.15, 0.2) is 5.13 Å². The number of carbonyl (C=O) groups excluding carboxylic acids is 1. The summed E-state index contributed by atoms with van der Waals surface area (Å²) in [4.78, 5) is 19.3. The topological polar surface area (TPSA) is 54.0 Å². The summed E-state index contributed by atoms with van der Waals surface area (Å²) >= 11 is 3.24. The van der Waals surface area contributed by atoms with E-state index in [2.05, 4.69) is 15.6 Å². The first-order valence-electron chi connectivity index (χ1n) is 7.80. The van der Waals surface area contributed by atoms with E-state index in [0.717, 1.165) is 42.0 Å². The van der Waals surface area contributed by atoms with Crippen LogP contribution >= 0.6 is 23.1 Å². The van der Waals surface area contributed by atoms with Crippen LogP contribution in [0.2, 0.25) is 0 Å². The Morgan fingerprint density at radius 3 is 2.91 bits per heavy atom. The van der Waals surface area contributed by atoms with Gasteiger partial charge in [-0.15, -0.1) is 23.1 Å². The molecule has 0 atom stereocenters. The van der Waals surface area contributed by atoms with Crippen LogP contribution in [0.4, 0.5) is 5.13 Å². The van der Waals surface area contributed by atoms with Gasteiger partial charge in [-0.2, -0.15) is 0 Å². The number of thiazole rings is 1. The standard InChI is InChI=1S/C17H21N3OS2/c1-11-3-4-13(22-2)9-14(11)16(21)20-17-19-10-15(23-17)12-5-7-18-8-6-12/h3-4,9-10,12,18H,5-8H2,1-2H3,(H,19,20,21). The molecule has 0 unspecified atom stereocenters. The number of carbonyl (C=O) groups is 1. The monoisotopic (exact) mass is 347 g/mol. The van der Waals surface area contributed by atoms with Crippen LogP contribution in [-0.2, 0) is 0 Å². The Kier molecular flexibility index (Phi) is 5.35. The molecule has 0 bridgehead atoms. The molecule has 1 fully saturated rings. The van der Waals surface area contributed by atoms with Crippen molar-refractivity contribution >= 4 is 34.1 Å². The number of amides is 1. The van der Waals surface area contributed by atoms with Crippen LogP contribution in [0.3, 0.4) is 0 Å². The normalized spacial score (nSPS) is 15.6. The fourth-order valence-corrected chi connectivity index (χ4v) is 4.20. The predicted molar refractivity (Wildman–Crippen MR) is 97.9 cm³/mol. The summed E-state index contributed by atoms with van der Waals surface area (Å²) in [6.07, 6.45) is 6.22. The molecule has 0 radical (unpaired) electrons. The van der Waals surface area contributed by atoms with E-state index in [1.54, 1.807) is 23.1 Å². The van der Waals surface area contributed by atoms with Crippen LogP contribution in [-0.4, -0.2) is 30.2 Å². The summed E-state index contributed by atoms with van der Waals surface area (Å²) in [5, 5.41) is 7.02. The maximum absolute atomic E-state index is 12.5. The molecule has 122 valence electrons. The van der Waals surface area contributed by atoms with Crippen LogP contribution < -0.4 is 10.6 Å². The van der Waals surface area contributed by atoms with E-state index >= 15 is 0 Å². The molecular formula is C17H21N3OS2. The zero-order valence-corrected chi connectivity index (χ0v) is 15.0. The molecule has 2 heterocycles. The lowest BCUT2D eigenvalue weighted by Gasteiger charge is -2.20. The minimum Gasteiger partial charge on any atom is -0.317 e. The van der Waals surface area contributed by atoms with Crippen LogP contribution in [0.15, 0.2) is 29.3 Å². The highest BCUT2D eigenvalue weighted by Gasteiger charge is 2.19. The maximum atomic E-state index is 12.5. The lowest BCUT2D eigenvalue weighted by Crippen LogP contribution is -2.26.